The van der Waals surface area contributed by atoms with E-state index >= 15 is 0 Å². The molecular weight excluding hydrogens is 320 g/mol. The monoisotopic (exact) mass is 332 g/mol. The van der Waals surface area contributed by atoms with Gasteiger partial charge in [-0.2, -0.15) is 9.78 Å². The highest BCUT2D eigenvalue weighted by Crippen LogP contribution is 2.24. The summed E-state index contributed by atoms with van der Waals surface area (Å²) in [5, 5.41) is 17.2. The third kappa shape index (κ3) is 2.76. The normalized spacial score (nSPS) is 10.7. The standard InChI is InChI=1S/C17H12N6O2/c24-17(25)11-4-6-12(7-5-11)22-15-13-9-21-23(16(13)20-10-19-15)14-3-1-2-8-18-14/h1-10H,(H,24,25)(H,19,20,22). The van der Waals surface area contributed by atoms with Crippen LogP contribution < -0.4 is 5.32 Å². The van der Waals surface area contributed by atoms with E-state index in [2.05, 4.69) is 25.4 Å². The maximum Gasteiger partial charge on any atom is 0.335 e. The van der Waals surface area contributed by atoms with Crippen LogP contribution in [0.25, 0.3) is 16.9 Å². The van der Waals surface area contributed by atoms with E-state index in [1.54, 1.807) is 29.2 Å². The van der Waals surface area contributed by atoms with Crippen molar-refractivity contribution in [3.8, 4) is 5.82 Å². The molecule has 0 unspecified atom stereocenters. The average Bonchev–Trinajstić information content (AvgIpc) is 3.08. The van der Waals surface area contributed by atoms with Crippen LogP contribution in [0.1, 0.15) is 10.4 Å². The van der Waals surface area contributed by atoms with Gasteiger partial charge in [-0.3, -0.25) is 0 Å². The maximum absolute atomic E-state index is 10.9. The Morgan fingerprint density at radius 1 is 1.04 bits per heavy atom. The zero-order valence-electron chi connectivity index (χ0n) is 12.9. The van der Waals surface area contributed by atoms with Gasteiger partial charge in [0.2, 0.25) is 0 Å². The van der Waals surface area contributed by atoms with Crippen LogP contribution in [0, 0.1) is 0 Å². The number of hydrogen-bond acceptors (Lipinski definition) is 6. The summed E-state index contributed by atoms with van der Waals surface area (Å²) in [6.45, 7) is 0. The van der Waals surface area contributed by atoms with Gasteiger partial charge in [0.15, 0.2) is 11.5 Å². The van der Waals surface area contributed by atoms with Gasteiger partial charge in [-0.15, -0.1) is 0 Å². The molecular formula is C17H12N6O2. The van der Waals surface area contributed by atoms with E-state index in [0.29, 0.717) is 17.3 Å². The van der Waals surface area contributed by atoms with Crippen molar-refractivity contribution in [3.05, 3.63) is 66.7 Å². The Kier molecular flexibility index (Phi) is 3.55. The molecule has 0 saturated carbocycles. The number of hydrogen-bond donors (Lipinski definition) is 2. The number of nitrogens with zero attached hydrogens (tertiary/aromatic N) is 5. The summed E-state index contributed by atoms with van der Waals surface area (Å²) in [5.41, 5.74) is 1.57. The quantitative estimate of drug-likeness (QED) is 0.591. The number of carboxylic acid groups (broad SMARTS) is 1. The van der Waals surface area contributed by atoms with E-state index in [9.17, 15) is 4.79 Å². The number of benzene rings is 1. The number of anilines is 2. The summed E-state index contributed by atoms with van der Waals surface area (Å²) < 4.78 is 1.63. The van der Waals surface area contributed by atoms with Crippen molar-refractivity contribution >= 4 is 28.5 Å². The second-order valence-corrected chi connectivity index (χ2v) is 5.21. The Labute approximate surface area is 141 Å². The van der Waals surface area contributed by atoms with Crippen molar-refractivity contribution < 1.29 is 9.90 Å². The molecule has 8 heteroatoms. The first-order chi connectivity index (χ1) is 12.2. The summed E-state index contributed by atoms with van der Waals surface area (Å²) in [4.78, 5) is 23.7. The third-order valence-corrected chi connectivity index (χ3v) is 3.63. The second kappa shape index (κ2) is 6.00. The molecule has 0 atom stereocenters. The molecule has 0 spiro atoms. The second-order valence-electron chi connectivity index (χ2n) is 5.21. The molecule has 3 heterocycles. The van der Waals surface area contributed by atoms with Crippen LogP contribution >= 0.6 is 0 Å². The first-order valence-corrected chi connectivity index (χ1v) is 7.43. The molecule has 0 aliphatic rings. The van der Waals surface area contributed by atoms with Crippen molar-refractivity contribution in [1.82, 2.24) is 24.7 Å². The van der Waals surface area contributed by atoms with Gasteiger partial charge in [0.1, 0.15) is 12.1 Å². The summed E-state index contributed by atoms with van der Waals surface area (Å²) in [5.74, 6) is 0.274. The van der Waals surface area contributed by atoms with Gasteiger partial charge in [-0.1, -0.05) is 6.07 Å². The van der Waals surface area contributed by atoms with Gasteiger partial charge in [0.05, 0.1) is 17.1 Å². The summed E-state index contributed by atoms with van der Waals surface area (Å²) in [7, 11) is 0. The van der Waals surface area contributed by atoms with Crippen molar-refractivity contribution in [2.45, 2.75) is 0 Å². The van der Waals surface area contributed by atoms with Gasteiger partial charge in [0, 0.05) is 11.9 Å². The van der Waals surface area contributed by atoms with Crippen LogP contribution in [0.15, 0.2) is 61.2 Å². The van der Waals surface area contributed by atoms with Crippen molar-refractivity contribution in [1.29, 1.82) is 0 Å². The van der Waals surface area contributed by atoms with Crippen LogP contribution in [0.4, 0.5) is 11.5 Å². The smallest absolute Gasteiger partial charge is 0.335 e. The number of carboxylic acids is 1. The summed E-state index contributed by atoms with van der Waals surface area (Å²) in [6.07, 6.45) is 4.79. The predicted octanol–water partition coefficient (Wildman–Crippen LogP) is 2.65. The molecule has 25 heavy (non-hydrogen) atoms. The maximum atomic E-state index is 10.9. The lowest BCUT2D eigenvalue weighted by molar-refractivity contribution is 0.0697. The summed E-state index contributed by atoms with van der Waals surface area (Å²) >= 11 is 0. The minimum atomic E-state index is -0.965. The fourth-order valence-electron chi connectivity index (χ4n) is 2.42. The number of pyridine rings is 1. The van der Waals surface area contributed by atoms with Gasteiger partial charge in [0.25, 0.3) is 0 Å². The van der Waals surface area contributed by atoms with E-state index in [0.717, 1.165) is 11.1 Å². The van der Waals surface area contributed by atoms with Gasteiger partial charge >= 0.3 is 5.97 Å². The lowest BCUT2D eigenvalue weighted by Crippen LogP contribution is -2.01. The van der Waals surface area contributed by atoms with Gasteiger partial charge in [-0.25, -0.2) is 19.7 Å². The molecule has 0 aliphatic heterocycles. The van der Waals surface area contributed by atoms with Crippen LogP contribution in [-0.4, -0.2) is 35.8 Å². The largest absolute Gasteiger partial charge is 0.478 e. The lowest BCUT2D eigenvalue weighted by Gasteiger charge is -2.07. The van der Waals surface area contributed by atoms with Crippen molar-refractivity contribution in [2.75, 3.05) is 5.32 Å². The van der Waals surface area contributed by atoms with Gasteiger partial charge < -0.3 is 10.4 Å². The van der Waals surface area contributed by atoms with E-state index < -0.39 is 5.97 Å². The predicted molar refractivity (Wildman–Crippen MR) is 91.1 cm³/mol. The van der Waals surface area contributed by atoms with E-state index in [-0.39, 0.29) is 5.56 Å². The van der Waals surface area contributed by atoms with Crippen molar-refractivity contribution in [2.24, 2.45) is 0 Å². The Hall–Kier alpha value is -3.81. The SMILES string of the molecule is O=C(O)c1ccc(Nc2ncnc3c2cnn3-c2ccccn2)cc1. The Balaban J connectivity index is 1.71. The molecule has 0 radical (unpaired) electrons. The van der Waals surface area contributed by atoms with Gasteiger partial charge in [-0.05, 0) is 36.4 Å². The fraction of sp³-hybridized carbons (Fsp3) is 0. The highest BCUT2D eigenvalue weighted by atomic mass is 16.4. The highest BCUT2D eigenvalue weighted by Gasteiger charge is 2.12. The molecule has 0 amide bonds. The molecule has 0 aliphatic carbocycles. The minimum absolute atomic E-state index is 0.223. The number of aromatic nitrogens is 5. The number of fused-ring (bicyclic) bond motifs is 1. The minimum Gasteiger partial charge on any atom is -0.478 e. The van der Waals surface area contributed by atoms with E-state index in [1.807, 2.05) is 18.2 Å². The average molecular weight is 332 g/mol. The molecule has 0 saturated heterocycles. The Bertz CT molecular complexity index is 1040. The van der Waals surface area contributed by atoms with Crippen LogP contribution in [0.5, 0.6) is 0 Å². The number of aromatic carboxylic acids is 1. The third-order valence-electron chi connectivity index (χ3n) is 3.63. The Morgan fingerprint density at radius 2 is 1.88 bits per heavy atom. The molecule has 4 rings (SSSR count). The zero-order valence-corrected chi connectivity index (χ0v) is 12.9. The van der Waals surface area contributed by atoms with Crippen molar-refractivity contribution in [3.63, 3.8) is 0 Å². The first-order valence-electron chi connectivity index (χ1n) is 7.43. The molecule has 2 N–H and O–H groups in total. The number of rotatable bonds is 4. The van der Waals surface area contributed by atoms with Crippen LogP contribution in [-0.2, 0) is 0 Å². The van der Waals surface area contributed by atoms with E-state index in [1.165, 1.54) is 18.5 Å². The fourth-order valence-corrected chi connectivity index (χ4v) is 2.42. The molecule has 122 valence electrons. The van der Waals surface area contributed by atoms with Crippen LogP contribution in [0.2, 0.25) is 0 Å². The lowest BCUT2D eigenvalue weighted by atomic mass is 10.2. The first kappa shape index (κ1) is 14.8. The zero-order chi connectivity index (χ0) is 17.2. The topological polar surface area (TPSA) is 106 Å². The number of carbonyl (C=O) groups is 1. The van der Waals surface area contributed by atoms with E-state index in [4.69, 9.17) is 5.11 Å². The molecule has 4 aromatic rings. The molecule has 3 aromatic heterocycles. The summed E-state index contributed by atoms with van der Waals surface area (Å²) in [6, 6.07) is 12.0. The molecule has 0 bridgehead atoms. The van der Waals surface area contributed by atoms with Crippen LogP contribution in [0.3, 0.4) is 0 Å². The number of nitrogens with one attached hydrogen (secondary N) is 1. The molecule has 1 aromatic carbocycles. The Morgan fingerprint density at radius 3 is 2.60 bits per heavy atom. The molecule has 0 fully saturated rings. The molecule has 8 nitrogen and oxygen atoms in total. The highest BCUT2D eigenvalue weighted by molar-refractivity contribution is 5.90.